The van der Waals surface area contributed by atoms with E-state index in [1.807, 2.05) is 0 Å². The molecule has 0 atom stereocenters. The molecule has 9 heteroatoms. The van der Waals surface area contributed by atoms with Crippen LogP contribution in [0.25, 0.3) is 0 Å². The van der Waals surface area contributed by atoms with Crippen LogP contribution in [0, 0.1) is 21.7 Å². The third kappa shape index (κ3) is 3.24. The lowest BCUT2D eigenvalue weighted by atomic mass is 10.3. The van der Waals surface area contributed by atoms with Crippen molar-refractivity contribution in [2.45, 2.75) is 0 Å². The number of aromatic nitrogens is 1. The summed E-state index contributed by atoms with van der Waals surface area (Å²) in [6, 6.07) is 4.43. The molecule has 0 aliphatic carbocycles. The summed E-state index contributed by atoms with van der Waals surface area (Å²) in [4.78, 5) is 14.2. The predicted octanol–water partition coefficient (Wildman–Crippen LogP) is 3.82. The van der Waals surface area contributed by atoms with Crippen molar-refractivity contribution in [3.63, 3.8) is 0 Å². The summed E-state index contributed by atoms with van der Waals surface area (Å²) in [6.45, 7) is 0. The SMILES string of the molecule is CNc1ccc([N+](=O)[O-])c(Nc2cc(F)c(Br)cc2F)n1. The number of pyridine rings is 1. The molecule has 2 N–H and O–H groups in total. The van der Waals surface area contributed by atoms with Crippen LogP contribution in [-0.4, -0.2) is 17.0 Å². The molecule has 0 aliphatic rings. The number of nitro groups is 1. The number of hydrogen-bond donors (Lipinski definition) is 2. The van der Waals surface area contributed by atoms with Crippen molar-refractivity contribution in [2.24, 2.45) is 0 Å². The van der Waals surface area contributed by atoms with Gasteiger partial charge in [0.15, 0.2) is 0 Å². The van der Waals surface area contributed by atoms with Crippen LogP contribution in [0.2, 0.25) is 0 Å². The van der Waals surface area contributed by atoms with E-state index >= 15 is 0 Å². The van der Waals surface area contributed by atoms with E-state index in [1.165, 1.54) is 12.1 Å². The topological polar surface area (TPSA) is 80.1 Å². The van der Waals surface area contributed by atoms with Gasteiger partial charge in [-0.05, 0) is 28.1 Å². The third-order valence-corrected chi connectivity index (χ3v) is 3.20. The molecule has 0 radical (unpaired) electrons. The molecule has 21 heavy (non-hydrogen) atoms. The van der Waals surface area contributed by atoms with Crippen molar-refractivity contribution in [1.82, 2.24) is 4.98 Å². The van der Waals surface area contributed by atoms with Gasteiger partial charge in [0, 0.05) is 19.2 Å². The Bertz CT molecular complexity index is 712. The molecule has 0 aliphatic heterocycles. The first-order valence-corrected chi connectivity index (χ1v) is 6.46. The minimum absolute atomic E-state index is 0.0445. The van der Waals surface area contributed by atoms with Crippen LogP contribution >= 0.6 is 15.9 Å². The molecule has 6 nitrogen and oxygen atoms in total. The maximum absolute atomic E-state index is 13.8. The summed E-state index contributed by atoms with van der Waals surface area (Å²) in [5.41, 5.74) is -0.601. The highest BCUT2D eigenvalue weighted by Crippen LogP contribution is 2.30. The Balaban J connectivity index is 2.47. The van der Waals surface area contributed by atoms with Gasteiger partial charge in [-0.25, -0.2) is 13.8 Å². The lowest BCUT2D eigenvalue weighted by molar-refractivity contribution is -0.384. The van der Waals surface area contributed by atoms with Crippen molar-refractivity contribution >= 4 is 38.9 Å². The van der Waals surface area contributed by atoms with Gasteiger partial charge in [0.1, 0.15) is 17.5 Å². The molecule has 0 saturated heterocycles. The molecule has 0 amide bonds. The van der Waals surface area contributed by atoms with Crippen LogP contribution in [0.5, 0.6) is 0 Å². The smallest absolute Gasteiger partial charge is 0.311 e. The maximum Gasteiger partial charge on any atom is 0.311 e. The van der Waals surface area contributed by atoms with E-state index in [0.29, 0.717) is 5.82 Å². The Morgan fingerprint density at radius 3 is 2.62 bits per heavy atom. The van der Waals surface area contributed by atoms with E-state index in [2.05, 4.69) is 31.5 Å². The molecule has 0 fully saturated rings. The second-order valence-corrected chi connectivity index (χ2v) is 4.80. The highest BCUT2D eigenvalue weighted by Gasteiger charge is 2.18. The first-order chi connectivity index (χ1) is 9.92. The van der Waals surface area contributed by atoms with Crippen molar-refractivity contribution in [1.29, 1.82) is 0 Å². The van der Waals surface area contributed by atoms with E-state index in [0.717, 1.165) is 12.1 Å². The number of benzene rings is 1. The minimum atomic E-state index is -0.769. The van der Waals surface area contributed by atoms with Gasteiger partial charge in [-0.3, -0.25) is 10.1 Å². The lowest BCUT2D eigenvalue weighted by Crippen LogP contribution is -2.04. The molecule has 1 heterocycles. The fourth-order valence-corrected chi connectivity index (χ4v) is 1.89. The fourth-order valence-electron chi connectivity index (χ4n) is 1.58. The Morgan fingerprint density at radius 1 is 1.29 bits per heavy atom. The third-order valence-electron chi connectivity index (χ3n) is 2.59. The number of hydrogen-bond acceptors (Lipinski definition) is 5. The second-order valence-electron chi connectivity index (χ2n) is 3.94. The zero-order valence-corrected chi connectivity index (χ0v) is 12.2. The number of rotatable bonds is 4. The fraction of sp³-hybridized carbons (Fsp3) is 0.0833. The molecule has 2 aromatic rings. The first-order valence-electron chi connectivity index (χ1n) is 5.67. The van der Waals surface area contributed by atoms with Crippen LogP contribution < -0.4 is 10.6 Å². The van der Waals surface area contributed by atoms with E-state index in [4.69, 9.17) is 0 Å². The Hall–Kier alpha value is -2.29. The van der Waals surface area contributed by atoms with Gasteiger partial charge in [-0.2, -0.15) is 0 Å². The molecule has 1 aromatic carbocycles. The molecule has 0 bridgehead atoms. The number of anilines is 3. The Labute approximate surface area is 126 Å². The van der Waals surface area contributed by atoms with Crippen molar-refractivity contribution in [3.8, 4) is 0 Å². The van der Waals surface area contributed by atoms with Gasteiger partial charge >= 0.3 is 5.69 Å². The quantitative estimate of drug-likeness (QED) is 0.493. The maximum atomic E-state index is 13.8. The molecular formula is C12H9BrF2N4O2. The van der Waals surface area contributed by atoms with Gasteiger partial charge < -0.3 is 10.6 Å². The van der Waals surface area contributed by atoms with Crippen LogP contribution in [0.3, 0.4) is 0 Å². The zero-order chi connectivity index (χ0) is 15.6. The van der Waals surface area contributed by atoms with Crippen molar-refractivity contribution in [2.75, 3.05) is 17.7 Å². The summed E-state index contributed by atoms with van der Waals surface area (Å²) in [5.74, 6) is -1.31. The number of nitrogens with zero attached hydrogens (tertiary/aromatic N) is 2. The average Bonchev–Trinajstić information content (AvgIpc) is 2.44. The Kier molecular flexibility index (Phi) is 4.32. The summed E-state index contributed by atoms with van der Waals surface area (Å²) < 4.78 is 27.2. The Morgan fingerprint density at radius 2 is 2.00 bits per heavy atom. The normalized spacial score (nSPS) is 10.3. The number of nitrogens with one attached hydrogen (secondary N) is 2. The molecule has 110 valence electrons. The summed E-state index contributed by atoms with van der Waals surface area (Å²) in [7, 11) is 1.58. The molecule has 0 unspecified atom stereocenters. The molecule has 0 saturated carbocycles. The average molecular weight is 359 g/mol. The van der Waals surface area contributed by atoms with Gasteiger partial charge in [0.25, 0.3) is 0 Å². The molecule has 2 rings (SSSR count). The van der Waals surface area contributed by atoms with Gasteiger partial charge in [-0.1, -0.05) is 0 Å². The first kappa shape index (κ1) is 15.1. The van der Waals surface area contributed by atoms with Crippen LogP contribution in [-0.2, 0) is 0 Å². The standard InChI is InChI=1S/C12H9BrF2N4O2/c1-16-11-3-2-10(19(20)21)12(18-11)17-9-5-7(14)6(13)4-8(9)15/h2-5H,1H3,(H2,16,17,18). The van der Waals surface area contributed by atoms with Gasteiger partial charge in [0.05, 0.1) is 15.1 Å². The summed E-state index contributed by atoms with van der Waals surface area (Å²) in [6.07, 6.45) is 0. The van der Waals surface area contributed by atoms with Crippen LogP contribution in [0.4, 0.5) is 31.8 Å². The largest absolute Gasteiger partial charge is 0.373 e. The molecular weight excluding hydrogens is 350 g/mol. The van der Waals surface area contributed by atoms with Crippen LogP contribution in [0.1, 0.15) is 0 Å². The zero-order valence-electron chi connectivity index (χ0n) is 10.7. The minimum Gasteiger partial charge on any atom is -0.373 e. The van der Waals surface area contributed by atoms with Crippen molar-refractivity contribution < 1.29 is 13.7 Å². The van der Waals surface area contributed by atoms with E-state index in [1.54, 1.807) is 7.05 Å². The monoisotopic (exact) mass is 358 g/mol. The molecule has 1 aromatic heterocycles. The summed E-state index contributed by atoms with van der Waals surface area (Å²) >= 11 is 2.85. The lowest BCUT2D eigenvalue weighted by Gasteiger charge is -2.09. The summed E-state index contributed by atoms with van der Waals surface area (Å²) in [5, 5.41) is 16.1. The van der Waals surface area contributed by atoms with E-state index in [9.17, 15) is 18.9 Å². The highest BCUT2D eigenvalue weighted by atomic mass is 79.9. The van der Waals surface area contributed by atoms with Gasteiger partial charge in [0.2, 0.25) is 5.82 Å². The highest BCUT2D eigenvalue weighted by molar-refractivity contribution is 9.10. The van der Waals surface area contributed by atoms with Crippen LogP contribution in [0.15, 0.2) is 28.7 Å². The number of halogens is 3. The van der Waals surface area contributed by atoms with E-state index < -0.39 is 16.6 Å². The predicted molar refractivity (Wildman–Crippen MR) is 77.8 cm³/mol. The molecule has 0 spiro atoms. The second kappa shape index (κ2) is 6.00. The van der Waals surface area contributed by atoms with E-state index in [-0.39, 0.29) is 21.7 Å². The van der Waals surface area contributed by atoms with Gasteiger partial charge in [-0.15, -0.1) is 0 Å². The van der Waals surface area contributed by atoms with Crippen molar-refractivity contribution in [3.05, 3.63) is 50.5 Å².